The summed E-state index contributed by atoms with van der Waals surface area (Å²) < 4.78 is 5.84. The summed E-state index contributed by atoms with van der Waals surface area (Å²) >= 11 is 0. The number of likely N-dealkylation sites (tertiary alicyclic amines) is 1. The number of para-hydroxylation sites is 1. The van der Waals surface area contributed by atoms with Crippen LogP contribution in [-0.4, -0.2) is 78.4 Å². The highest BCUT2D eigenvalue weighted by Crippen LogP contribution is 2.22. The fourth-order valence-corrected chi connectivity index (χ4v) is 4.76. The molecule has 2 amide bonds. The maximum Gasteiger partial charge on any atom is 0.290 e. The molecule has 3 atom stereocenters. The average molecular weight is 428 g/mol. The molecular weight excluding hydrogens is 394 g/mol. The van der Waals surface area contributed by atoms with Crippen molar-refractivity contribution in [2.45, 2.75) is 51.9 Å². The number of nitrogens with one attached hydrogen (secondary N) is 1. The van der Waals surface area contributed by atoms with Gasteiger partial charge in [0.25, 0.3) is 11.8 Å². The Morgan fingerprint density at radius 3 is 2.39 bits per heavy atom. The number of piperidine rings is 1. The number of carbonyl (C=O) groups excluding carboxylic acids is 2. The van der Waals surface area contributed by atoms with Gasteiger partial charge in [0.1, 0.15) is 6.04 Å². The van der Waals surface area contributed by atoms with Crippen LogP contribution in [0.2, 0.25) is 0 Å². The van der Waals surface area contributed by atoms with Crippen LogP contribution in [0.1, 0.15) is 33.6 Å². The van der Waals surface area contributed by atoms with Crippen LogP contribution < -0.4 is 10.4 Å². The van der Waals surface area contributed by atoms with Gasteiger partial charge in [0.2, 0.25) is 5.84 Å². The lowest BCUT2D eigenvalue weighted by molar-refractivity contribution is -0.126. The first-order valence-electron chi connectivity index (χ1n) is 11.3. The van der Waals surface area contributed by atoms with E-state index in [4.69, 9.17) is 4.74 Å². The van der Waals surface area contributed by atoms with Crippen molar-refractivity contribution in [3.8, 4) is 0 Å². The van der Waals surface area contributed by atoms with E-state index in [1.807, 2.05) is 35.2 Å². The number of amides is 2. The maximum absolute atomic E-state index is 13.1. The zero-order valence-electron chi connectivity index (χ0n) is 18.7. The first-order valence-corrected chi connectivity index (χ1v) is 11.3. The molecule has 3 aliphatic heterocycles. The third-order valence-electron chi connectivity index (χ3n) is 6.25. The summed E-state index contributed by atoms with van der Waals surface area (Å²) in [5.41, 5.74) is 3.66. The molecule has 0 radical (unpaired) electrons. The Bertz CT molecular complexity index is 812. The second-order valence-corrected chi connectivity index (χ2v) is 8.99. The van der Waals surface area contributed by atoms with Crippen LogP contribution in [0, 0.1) is 5.92 Å². The molecule has 8 heteroatoms. The summed E-state index contributed by atoms with van der Waals surface area (Å²) in [6.45, 7) is 10.4. The first kappa shape index (κ1) is 21.8. The molecule has 3 aliphatic rings. The Kier molecular flexibility index (Phi) is 6.57. The van der Waals surface area contributed by atoms with Gasteiger partial charge in [0, 0.05) is 32.7 Å². The van der Waals surface area contributed by atoms with Gasteiger partial charge in [-0.05, 0) is 51.7 Å². The van der Waals surface area contributed by atoms with Crippen molar-refractivity contribution in [2.24, 2.45) is 10.9 Å². The Balaban J connectivity index is 1.34. The molecule has 31 heavy (non-hydrogen) atoms. The number of hydrogen-bond acceptors (Lipinski definition) is 6. The summed E-state index contributed by atoms with van der Waals surface area (Å²) in [7, 11) is 0. The Morgan fingerprint density at radius 1 is 1.10 bits per heavy atom. The largest absolute Gasteiger partial charge is 0.373 e. The molecule has 1 N–H and O–H groups in total. The average Bonchev–Trinajstić information content (AvgIpc) is 2.75. The van der Waals surface area contributed by atoms with Crippen molar-refractivity contribution in [3.63, 3.8) is 0 Å². The fourth-order valence-electron chi connectivity index (χ4n) is 4.76. The van der Waals surface area contributed by atoms with E-state index in [9.17, 15) is 9.59 Å². The van der Waals surface area contributed by atoms with Crippen LogP contribution in [0.25, 0.3) is 0 Å². The number of ether oxygens (including phenoxy) is 1. The maximum atomic E-state index is 13.1. The summed E-state index contributed by atoms with van der Waals surface area (Å²) in [6, 6.07) is 8.70. The van der Waals surface area contributed by atoms with Gasteiger partial charge in [0.15, 0.2) is 0 Å². The van der Waals surface area contributed by atoms with Crippen LogP contribution in [-0.2, 0) is 14.3 Å². The van der Waals surface area contributed by atoms with E-state index < -0.39 is 6.04 Å². The summed E-state index contributed by atoms with van der Waals surface area (Å²) in [6.07, 6.45) is 2.52. The van der Waals surface area contributed by atoms with E-state index in [1.165, 1.54) is 5.01 Å². The molecular formula is C23H33N5O3. The van der Waals surface area contributed by atoms with Gasteiger partial charge in [0.05, 0.1) is 17.9 Å². The smallest absolute Gasteiger partial charge is 0.290 e. The zero-order valence-corrected chi connectivity index (χ0v) is 18.7. The predicted octanol–water partition coefficient (Wildman–Crippen LogP) is 1.67. The highest BCUT2D eigenvalue weighted by atomic mass is 16.5. The van der Waals surface area contributed by atoms with Crippen LogP contribution >= 0.6 is 0 Å². The standard InChI is InChI=1S/C23H33N5O3/c1-16-13-26(14-17(2)31-16)15-19-9-11-27(12-10-19)23(30)21-24-18(3)22(29)28(25-21)20-7-5-4-6-8-20/h4-8,16-19H,9-15H2,1-3H3,(H,24,25). The summed E-state index contributed by atoms with van der Waals surface area (Å²) in [4.78, 5) is 34.4. The highest BCUT2D eigenvalue weighted by molar-refractivity contribution is 6.39. The number of anilines is 1. The van der Waals surface area contributed by atoms with Gasteiger partial charge in [-0.3, -0.25) is 19.9 Å². The Labute approximate surface area is 184 Å². The third kappa shape index (κ3) is 5.07. The molecule has 2 fully saturated rings. The first-order chi connectivity index (χ1) is 14.9. The molecule has 0 aromatic heterocycles. The van der Waals surface area contributed by atoms with Crippen molar-refractivity contribution in [1.29, 1.82) is 0 Å². The molecule has 0 aliphatic carbocycles. The van der Waals surface area contributed by atoms with Gasteiger partial charge < -0.3 is 9.64 Å². The molecule has 8 nitrogen and oxygen atoms in total. The summed E-state index contributed by atoms with van der Waals surface area (Å²) in [5.74, 6) is 0.525. The molecule has 3 unspecified atom stereocenters. The topological polar surface area (TPSA) is 77.5 Å². The molecule has 4 rings (SSSR count). The number of hydrazine groups is 1. The number of benzene rings is 1. The van der Waals surface area contributed by atoms with Crippen molar-refractivity contribution in [3.05, 3.63) is 30.3 Å². The van der Waals surface area contributed by atoms with Gasteiger partial charge in [-0.15, -0.1) is 0 Å². The Hall–Kier alpha value is -2.45. The van der Waals surface area contributed by atoms with Crippen molar-refractivity contribution in [2.75, 3.05) is 37.7 Å². The lowest BCUT2D eigenvalue weighted by Gasteiger charge is -2.40. The van der Waals surface area contributed by atoms with Gasteiger partial charge in [-0.2, -0.15) is 0 Å². The molecule has 0 saturated carbocycles. The second kappa shape index (κ2) is 9.36. The number of carbonyl (C=O) groups is 2. The second-order valence-electron chi connectivity index (χ2n) is 8.99. The van der Waals surface area contributed by atoms with Crippen molar-refractivity contribution < 1.29 is 14.3 Å². The van der Waals surface area contributed by atoms with Crippen LogP contribution in [0.15, 0.2) is 35.3 Å². The minimum absolute atomic E-state index is 0.132. The minimum Gasteiger partial charge on any atom is -0.373 e. The number of hydrogen-bond donors (Lipinski definition) is 1. The summed E-state index contributed by atoms with van der Waals surface area (Å²) in [5, 5.41) is 1.43. The van der Waals surface area contributed by atoms with E-state index in [0.29, 0.717) is 24.7 Å². The van der Waals surface area contributed by atoms with Gasteiger partial charge in [-0.1, -0.05) is 18.2 Å². The highest BCUT2D eigenvalue weighted by Gasteiger charge is 2.34. The van der Waals surface area contributed by atoms with Crippen molar-refractivity contribution >= 4 is 23.3 Å². The van der Waals surface area contributed by atoms with E-state index in [1.54, 1.807) is 6.92 Å². The molecule has 0 bridgehead atoms. The van der Waals surface area contributed by atoms with E-state index in [-0.39, 0.29) is 29.9 Å². The van der Waals surface area contributed by atoms with E-state index in [0.717, 1.165) is 32.5 Å². The minimum atomic E-state index is -0.594. The third-order valence-corrected chi connectivity index (χ3v) is 6.25. The molecule has 3 heterocycles. The quantitative estimate of drug-likeness (QED) is 0.791. The molecule has 168 valence electrons. The Morgan fingerprint density at radius 2 is 1.74 bits per heavy atom. The number of aliphatic imine (C=N–C) groups is 1. The van der Waals surface area contributed by atoms with Crippen LogP contribution in [0.5, 0.6) is 0 Å². The van der Waals surface area contributed by atoms with Gasteiger partial charge in [-0.25, -0.2) is 10.0 Å². The number of morpholine rings is 1. The molecule has 0 spiro atoms. The lowest BCUT2D eigenvalue weighted by Crippen LogP contribution is -2.59. The molecule has 1 aromatic carbocycles. The monoisotopic (exact) mass is 427 g/mol. The molecule has 2 saturated heterocycles. The van der Waals surface area contributed by atoms with Gasteiger partial charge >= 0.3 is 0 Å². The number of amidine groups is 1. The van der Waals surface area contributed by atoms with E-state index in [2.05, 4.69) is 29.2 Å². The molecule has 1 aromatic rings. The van der Waals surface area contributed by atoms with Crippen LogP contribution in [0.4, 0.5) is 5.69 Å². The normalized spacial score (nSPS) is 28.3. The van der Waals surface area contributed by atoms with E-state index >= 15 is 0 Å². The van der Waals surface area contributed by atoms with Crippen molar-refractivity contribution in [1.82, 2.24) is 15.2 Å². The lowest BCUT2D eigenvalue weighted by atomic mass is 9.95. The predicted molar refractivity (Wildman–Crippen MR) is 120 cm³/mol. The fraction of sp³-hybridized carbons (Fsp3) is 0.609. The van der Waals surface area contributed by atoms with Crippen LogP contribution in [0.3, 0.4) is 0 Å². The SMILES string of the molecule is CC1CN(CC2CCN(C(=O)C3=NC(C)C(=O)N(c4ccccc4)N3)CC2)CC(C)O1. The number of nitrogens with zero attached hydrogens (tertiary/aromatic N) is 4. The zero-order chi connectivity index (χ0) is 22.0. The number of rotatable bonds is 4.